The number of nitrogens with zero attached hydrogens (tertiary/aromatic N) is 1. The molecule has 0 radical (unpaired) electrons. The second kappa shape index (κ2) is 8.02. The Morgan fingerprint density at radius 1 is 1.00 bits per heavy atom. The SMILES string of the molecule is Cc1ccc(C2=C(O)C(=O)N(Cc3ccc4c(c3)OCO4)C2c2ccc(C(=O)O)cc2)cc1. The molecule has 0 saturated heterocycles. The third-order valence-electron chi connectivity index (χ3n) is 5.93. The Hall–Kier alpha value is -4.26. The average Bonchev–Trinajstić information content (AvgIpc) is 3.38. The molecule has 0 spiro atoms. The fourth-order valence-corrected chi connectivity index (χ4v) is 4.24. The summed E-state index contributed by atoms with van der Waals surface area (Å²) in [5.74, 6) is -0.577. The highest BCUT2D eigenvalue weighted by molar-refractivity contribution is 6.05. The standard InChI is InChI=1S/C26H21NO6/c1-15-2-5-17(6-3-15)22-23(18-7-9-19(10-8-18)26(30)31)27(25(29)24(22)28)13-16-4-11-20-21(12-16)33-14-32-20/h2-12,23,28H,13-14H2,1H3,(H,30,31). The van der Waals surface area contributed by atoms with Gasteiger partial charge in [-0.3, -0.25) is 4.79 Å². The van der Waals surface area contributed by atoms with Crippen LogP contribution >= 0.6 is 0 Å². The quantitative estimate of drug-likeness (QED) is 0.604. The highest BCUT2D eigenvalue weighted by Crippen LogP contribution is 2.44. The Bertz CT molecular complexity index is 1280. The number of fused-ring (bicyclic) bond motifs is 1. The van der Waals surface area contributed by atoms with Crippen LogP contribution in [-0.4, -0.2) is 33.8 Å². The van der Waals surface area contributed by atoms with Gasteiger partial charge in [-0.25, -0.2) is 4.79 Å². The molecule has 2 heterocycles. The third kappa shape index (κ3) is 3.67. The van der Waals surface area contributed by atoms with E-state index >= 15 is 0 Å². The molecule has 1 unspecified atom stereocenters. The molecular weight excluding hydrogens is 422 g/mol. The summed E-state index contributed by atoms with van der Waals surface area (Å²) in [6, 6.07) is 18.8. The Labute approximate surface area is 190 Å². The zero-order valence-electron chi connectivity index (χ0n) is 17.8. The van der Waals surface area contributed by atoms with Crippen LogP contribution in [0, 0.1) is 6.92 Å². The van der Waals surface area contributed by atoms with E-state index < -0.39 is 17.9 Å². The number of carbonyl (C=O) groups excluding carboxylic acids is 1. The molecule has 33 heavy (non-hydrogen) atoms. The molecule has 0 fully saturated rings. The molecule has 3 aromatic carbocycles. The Balaban J connectivity index is 1.57. The van der Waals surface area contributed by atoms with Crippen LogP contribution in [0.2, 0.25) is 0 Å². The van der Waals surface area contributed by atoms with Gasteiger partial charge in [0.1, 0.15) is 0 Å². The average molecular weight is 443 g/mol. The van der Waals surface area contributed by atoms with Gasteiger partial charge >= 0.3 is 5.97 Å². The summed E-state index contributed by atoms with van der Waals surface area (Å²) in [6.07, 6.45) is 0. The van der Waals surface area contributed by atoms with E-state index in [4.69, 9.17) is 9.47 Å². The van der Waals surface area contributed by atoms with Crippen LogP contribution in [0.1, 0.15) is 38.7 Å². The van der Waals surface area contributed by atoms with E-state index in [9.17, 15) is 19.8 Å². The molecule has 0 aromatic heterocycles. The molecule has 0 saturated carbocycles. The number of aliphatic hydroxyl groups excluding tert-OH is 1. The lowest BCUT2D eigenvalue weighted by molar-refractivity contribution is -0.130. The van der Waals surface area contributed by atoms with Gasteiger partial charge in [-0.2, -0.15) is 0 Å². The van der Waals surface area contributed by atoms with E-state index in [1.807, 2.05) is 43.3 Å². The number of carboxylic acid groups (broad SMARTS) is 1. The molecule has 166 valence electrons. The van der Waals surface area contributed by atoms with Gasteiger partial charge < -0.3 is 24.6 Å². The van der Waals surface area contributed by atoms with Crippen LogP contribution in [0.25, 0.3) is 5.57 Å². The van der Waals surface area contributed by atoms with Crippen LogP contribution in [0.4, 0.5) is 0 Å². The van der Waals surface area contributed by atoms with Crippen molar-refractivity contribution in [2.75, 3.05) is 6.79 Å². The van der Waals surface area contributed by atoms with Gasteiger partial charge in [0.25, 0.3) is 5.91 Å². The maximum absolute atomic E-state index is 13.2. The molecular formula is C26H21NO6. The topological polar surface area (TPSA) is 96.3 Å². The maximum atomic E-state index is 13.2. The van der Waals surface area contributed by atoms with E-state index in [-0.39, 0.29) is 24.7 Å². The monoisotopic (exact) mass is 443 g/mol. The predicted octanol–water partition coefficient (Wildman–Crippen LogP) is 4.47. The summed E-state index contributed by atoms with van der Waals surface area (Å²) in [5.41, 5.74) is 3.94. The van der Waals surface area contributed by atoms with Crippen LogP contribution in [0.3, 0.4) is 0 Å². The molecule has 5 rings (SSSR count). The molecule has 0 bridgehead atoms. The number of carbonyl (C=O) groups is 2. The minimum Gasteiger partial charge on any atom is -0.503 e. The van der Waals surface area contributed by atoms with Crippen molar-refractivity contribution >= 4 is 17.4 Å². The third-order valence-corrected chi connectivity index (χ3v) is 5.93. The van der Waals surface area contributed by atoms with Gasteiger partial charge in [0, 0.05) is 12.1 Å². The number of aryl methyl sites for hydroxylation is 1. The van der Waals surface area contributed by atoms with Gasteiger partial charge in [-0.15, -0.1) is 0 Å². The van der Waals surface area contributed by atoms with Crippen LogP contribution in [0.15, 0.2) is 72.5 Å². The van der Waals surface area contributed by atoms with E-state index in [0.717, 1.165) is 16.7 Å². The normalized spacial score (nSPS) is 17.1. The maximum Gasteiger partial charge on any atom is 0.335 e. The molecule has 1 atom stereocenters. The molecule has 3 aromatic rings. The lowest BCUT2D eigenvalue weighted by Gasteiger charge is -2.27. The molecule has 0 aliphatic carbocycles. The molecule has 7 heteroatoms. The van der Waals surface area contributed by atoms with E-state index in [2.05, 4.69) is 0 Å². The first-order valence-corrected chi connectivity index (χ1v) is 10.5. The van der Waals surface area contributed by atoms with Crippen molar-refractivity contribution in [3.8, 4) is 11.5 Å². The van der Waals surface area contributed by atoms with Crippen LogP contribution in [-0.2, 0) is 11.3 Å². The number of rotatable bonds is 5. The fraction of sp³-hybridized carbons (Fsp3) is 0.154. The fourth-order valence-electron chi connectivity index (χ4n) is 4.24. The summed E-state index contributed by atoms with van der Waals surface area (Å²) in [5, 5.41) is 20.2. The van der Waals surface area contributed by atoms with E-state index in [0.29, 0.717) is 22.6 Å². The number of hydrogen-bond acceptors (Lipinski definition) is 5. The first-order chi connectivity index (χ1) is 15.9. The van der Waals surface area contributed by atoms with E-state index in [1.54, 1.807) is 23.1 Å². The van der Waals surface area contributed by atoms with Crippen molar-refractivity contribution < 1.29 is 29.3 Å². The summed E-state index contributed by atoms with van der Waals surface area (Å²) in [6.45, 7) is 2.34. The Morgan fingerprint density at radius 2 is 1.70 bits per heavy atom. The number of hydrogen-bond donors (Lipinski definition) is 2. The van der Waals surface area contributed by atoms with Gasteiger partial charge in [-0.05, 0) is 47.9 Å². The Kier molecular flexibility index (Phi) is 5.01. The van der Waals surface area contributed by atoms with Gasteiger partial charge in [0.15, 0.2) is 17.3 Å². The highest BCUT2D eigenvalue weighted by Gasteiger charge is 2.41. The van der Waals surface area contributed by atoms with Gasteiger partial charge in [0.2, 0.25) is 6.79 Å². The predicted molar refractivity (Wildman–Crippen MR) is 120 cm³/mol. The van der Waals surface area contributed by atoms with Crippen LogP contribution < -0.4 is 9.47 Å². The molecule has 2 aliphatic heterocycles. The van der Waals surface area contributed by atoms with Crippen molar-refractivity contribution in [2.24, 2.45) is 0 Å². The smallest absolute Gasteiger partial charge is 0.335 e. The number of ether oxygens (including phenoxy) is 2. The van der Waals surface area contributed by atoms with Crippen molar-refractivity contribution in [2.45, 2.75) is 19.5 Å². The van der Waals surface area contributed by atoms with Gasteiger partial charge in [0.05, 0.1) is 11.6 Å². The first kappa shape index (κ1) is 20.6. The lowest BCUT2D eigenvalue weighted by Crippen LogP contribution is -2.29. The lowest BCUT2D eigenvalue weighted by atomic mass is 9.92. The van der Waals surface area contributed by atoms with Crippen molar-refractivity contribution in [1.29, 1.82) is 0 Å². The number of amides is 1. The number of carboxylic acids is 1. The van der Waals surface area contributed by atoms with Gasteiger partial charge in [-0.1, -0.05) is 48.0 Å². The number of benzene rings is 3. The number of aromatic carboxylic acids is 1. The molecule has 1 amide bonds. The Morgan fingerprint density at radius 3 is 2.39 bits per heavy atom. The zero-order chi connectivity index (χ0) is 23.1. The molecule has 2 N–H and O–H groups in total. The minimum atomic E-state index is -1.03. The summed E-state index contributed by atoms with van der Waals surface area (Å²) >= 11 is 0. The van der Waals surface area contributed by atoms with E-state index in [1.165, 1.54) is 12.1 Å². The minimum absolute atomic E-state index is 0.149. The second-order valence-corrected chi connectivity index (χ2v) is 8.08. The van der Waals surface area contributed by atoms with Crippen molar-refractivity contribution in [3.05, 3.63) is 100 Å². The number of aliphatic hydroxyl groups is 1. The van der Waals surface area contributed by atoms with Crippen molar-refractivity contribution in [1.82, 2.24) is 4.90 Å². The largest absolute Gasteiger partial charge is 0.503 e. The summed E-state index contributed by atoms with van der Waals surface area (Å²) in [7, 11) is 0. The zero-order valence-corrected chi connectivity index (χ0v) is 17.8. The molecule has 2 aliphatic rings. The highest BCUT2D eigenvalue weighted by atomic mass is 16.7. The summed E-state index contributed by atoms with van der Waals surface area (Å²) < 4.78 is 10.8. The second-order valence-electron chi connectivity index (χ2n) is 8.08. The van der Waals surface area contributed by atoms with Crippen molar-refractivity contribution in [3.63, 3.8) is 0 Å². The molecule has 7 nitrogen and oxygen atoms in total. The summed E-state index contributed by atoms with van der Waals surface area (Å²) in [4.78, 5) is 26.1. The first-order valence-electron chi connectivity index (χ1n) is 10.5. The van der Waals surface area contributed by atoms with Crippen LogP contribution in [0.5, 0.6) is 11.5 Å².